The Kier molecular flexibility index (Phi) is 5.16. The number of methoxy groups -OCH3 is 1. The van der Waals surface area contributed by atoms with Crippen LogP contribution in [0.4, 0.5) is 10.5 Å². The van der Waals surface area contributed by atoms with Gasteiger partial charge in [-0.3, -0.25) is 0 Å². The molecule has 4 rings (SSSR count). The third-order valence-electron chi connectivity index (χ3n) is 4.88. The van der Waals surface area contributed by atoms with Gasteiger partial charge < -0.3 is 19.9 Å². The van der Waals surface area contributed by atoms with Crippen molar-refractivity contribution in [1.82, 2.24) is 14.9 Å². The maximum Gasteiger partial charge on any atom is 0.320 e. The molecule has 146 valence electrons. The number of carbonyl (C=O) groups is 1. The van der Waals surface area contributed by atoms with E-state index in [-0.39, 0.29) is 6.03 Å². The van der Waals surface area contributed by atoms with E-state index in [4.69, 9.17) is 4.74 Å². The molecule has 0 spiro atoms. The average Bonchev–Trinajstić information content (AvgIpc) is 3.18. The molecular formula is C23H22N4O2. The monoisotopic (exact) mass is 386 g/mol. The lowest BCUT2D eigenvalue weighted by Gasteiger charge is -2.20. The highest BCUT2D eigenvalue weighted by Gasteiger charge is 2.21. The molecular weight excluding hydrogens is 364 g/mol. The zero-order chi connectivity index (χ0) is 20.2. The van der Waals surface area contributed by atoms with E-state index in [0.717, 1.165) is 33.6 Å². The summed E-state index contributed by atoms with van der Waals surface area (Å²) in [6.45, 7) is 0. The molecule has 0 radical (unpaired) electrons. The Labute approximate surface area is 169 Å². The Morgan fingerprint density at radius 3 is 2.52 bits per heavy atom. The Balaban J connectivity index is 1.61. The lowest BCUT2D eigenvalue weighted by molar-refractivity contribution is 0.249. The highest BCUT2D eigenvalue weighted by atomic mass is 16.5. The molecule has 1 unspecified atom stereocenters. The number of nitrogens with one attached hydrogen (secondary N) is 2. The van der Waals surface area contributed by atoms with Crippen LogP contribution in [0, 0.1) is 0 Å². The van der Waals surface area contributed by atoms with Gasteiger partial charge in [-0.25, -0.2) is 9.78 Å². The smallest absolute Gasteiger partial charge is 0.320 e. The van der Waals surface area contributed by atoms with Crippen molar-refractivity contribution in [2.45, 2.75) is 6.04 Å². The largest absolute Gasteiger partial charge is 0.497 e. The number of hydrogen-bond donors (Lipinski definition) is 2. The molecule has 0 fully saturated rings. The van der Waals surface area contributed by atoms with Gasteiger partial charge in [-0.15, -0.1) is 0 Å². The minimum Gasteiger partial charge on any atom is -0.497 e. The topological polar surface area (TPSA) is 68.2 Å². The molecule has 0 saturated carbocycles. The Hall–Kier alpha value is -3.80. The van der Waals surface area contributed by atoms with Crippen LogP contribution in [0.5, 0.6) is 5.75 Å². The second kappa shape index (κ2) is 8.06. The molecule has 4 aromatic rings. The molecule has 1 aromatic heterocycles. The van der Waals surface area contributed by atoms with Crippen LogP contribution in [-0.2, 0) is 7.05 Å². The number of rotatable bonds is 5. The molecule has 3 aromatic carbocycles. The summed E-state index contributed by atoms with van der Waals surface area (Å²) in [7, 11) is 3.53. The van der Waals surface area contributed by atoms with Gasteiger partial charge in [0.15, 0.2) is 0 Å². The Bertz CT molecular complexity index is 1130. The number of benzene rings is 3. The van der Waals surface area contributed by atoms with Crippen molar-refractivity contribution in [2.75, 3.05) is 12.4 Å². The first-order valence-corrected chi connectivity index (χ1v) is 9.32. The maximum absolute atomic E-state index is 12.9. The first-order valence-electron chi connectivity index (χ1n) is 9.32. The van der Waals surface area contributed by atoms with Crippen molar-refractivity contribution in [2.24, 2.45) is 7.05 Å². The molecule has 2 amide bonds. The molecule has 29 heavy (non-hydrogen) atoms. The summed E-state index contributed by atoms with van der Waals surface area (Å²) >= 11 is 0. The third kappa shape index (κ3) is 3.91. The van der Waals surface area contributed by atoms with Gasteiger partial charge in [-0.05, 0) is 29.1 Å². The fourth-order valence-electron chi connectivity index (χ4n) is 3.37. The summed E-state index contributed by atoms with van der Waals surface area (Å²) < 4.78 is 7.14. The SMILES string of the molecule is COc1ccc(C(NC(=O)Nc2cccc3ccccc23)c2nccn2C)cc1. The van der Waals surface area contributed by atoms with Crippen LogP contribution >= 0.6 is 0 Å². The standard InChI is InChI=1S/C23H22N4O2/c1-27-15-14-24-22(27)21(17-10-12-18(29-2)13-11-17)26-23(28)25-20-9-5-7-16-6-3-4-8-19(16)20/h3-15,21H,1-2H3,(H2,25,26,28). The molecule has 1 heterocycles. The number of urea groups is 1. The van der Waals surface area contributed by atoms with Crippen molar-refractivity contribution in [3.05, 3.63) is 90.5 Å². The van der Waals surface area contributed by atoms with E-state index in [9.17, 15) is 4.79 Å². The summed E-state index contributed by atoms with van der Waals surface area (Å²) in [6, 6.07) is 20.7. The number of imidazole rings is 1. The predicted octanol–water partition coefficient (Wildman–Crippen LogP) is 4.49. The van der Waals surface area contributed by atoms with Crippen molar-refractivity contribution in [1.29, 1.82) is 0 Å². The second-order valence-corrected chi connectivity index (χ2v) is 6.73. The second-order valence-electron chi connectivity index (χ2n) is 6.73. The predicted molar refractivity (Wildman–Crippen MR) is 114 cm³/mol. The van der Waals surface area contributed by atoms with Gasteiger partial charge in [0.2, 0.25) is 0 Å². The van der Waals surface area contributed by atoms with Gasteiger partial charge in [-0.2, -0.15) is 0 Å². The van der Waals surface area contributed by atoms with Crippen LogP contribution in [0.1, 0.15) is 17.4 Å². The van der Waals surface area contributed by atoms with E-state index in [1.807, 2.05) is 84.5 Å². The zero-order valence-corrected chi connectivity index (χ0v) is 16.3. The number of nitrogens with zero attached hydrogens (tertiary/aromatic N) is 2. The molecule has 0 aliphatic carbocycles. The Morgan fingerprint density at radius 2 is 1.79 bits per heavy atom. The molecule has 2 N–H and O–H groups in total. The summed E-state index contributed by atoms with van der Waals surface area (Å²) in [5.41, 5.74) is 1.67. The lowest BCUT2D eigenvalue weighted by Crippen LogP contribution is -2.34. The van der Waals surface area contributed by atoms with Crippen molar-refractivity contribution < 1.29 is 9.53 Å². The number of aryl methyl sites for hydroxylation is 1. The van der Waals surface area contributed by atoms with Crippen LogP contribution < -0.4 is 15.4 Å². The number of fused-ring (bicyclic) bond motifs is 1. The zero-order valence-electron chi connectivity index (χ0n) is 16.3. The highest BCUT2D eigenvalue weighted by molar-refractivity contribution is 6.01. The van der Waals surface area contributed by atoms with Crippen LogP contribution in [0.15, 0.2) is 79.1 Å². The first-order chi connectivity index (χ1) is 14.2. The third-order valence-corrected chi connectivity index (χ3v) is 4.88. The number of hydrogen-bond acceptors (Lipinski definition) is 3. The minimum atomic E-state index is -0.407. The highest BCUT2D eigenvalue weighted by Crippen LogP contribution is 2.25. The van der Waals surface area contributed by atoms with Gasteiger partial charge in [0, 0.05) is 24.8 Å². The van der Waals surface area contributed by atoms with Crippen LogP contribution in [0.25, 0.3) is 10.8 Å². The van der Waals surface area contributed by atoms with Crippen LogP contribution in [0.2, 0.25) is 0 Å². The molecule has 6 heteroatoms. The van der Waals surface area contributed by atoms with E-state index >= 15 is 0 Å². The van der Waals surface area contributed by atoms with E-state index in [1.54, 1.807) is 13.3 Å². The van der Waals surface area contributed by atoms with E-state index in [2.05, 4.69) is 15.6 Å². The number of carbonyl (C=O) groups excluding carboxylic acids is 1. The molecule has 0 aliphatic rings. The van der Waals surface area contributed by atoms with Crippen LogP contribution in [0.3, 0.4) is 0 Å². The number of ether oxygens (including phenoxy) is 1. The number of aromatic nitrogens is 2. The van der Waals surface area contributed by atoms with Gasteiger partial charge in [0.05, 0.1) is 12.8 Å². The maximum atomic E-state index is 12.9. The average molecular weight is 386 g/mol. The summed E-state index contributed by atoms with van der Waals surface area (Å²) in [5.74, 6) is 1.50. The fraction of sp³-hybridized carbons (Fsp3) is 0.130. The summed E-state index contributed by atoms with van der Waals surface area (Å²) in [4.78, 5) is 17.3. The molecule has 0 bridgehead atoms. The fourth-order valence-corrected chi connectivity index (χ4v) is 3.37. The van der Waals surface area contributed by atoms with Crippen LogP contribution in [-0.4, -0.2) is 22.7 Å². The molecule has 0 saturated heterocycles. The van der Waals surface area contributed by atoms with Crippen molar-refractivity contribution in [3.8, 4) is 5.75 Å². The van der Waals surface area contributed by atoms with Crippen molar-refractivity contribution >= 4 is 22.5 Å². The van der Waals surface area contributed by atoms with Gasteiger partial charge in [0.1, 0.15) is 17.6 Å². The van der Waals surface area contributed by atoms with Gasteiger partial charge in [-0.1, -0.05) is 48.5 Å². The normalized spacial score (nSPS) is 11.8. The van der Waals surface area contributed by atoms with Gasteiger partial charge in [0.25, 0.3) is 0 Å². The molecule has 1 atom stereocenters. The quantitative estimate of drug-likeness (QED) is 0.531. The Morgan fingerprint density at radius 1 is 1.03 bits per heavy atom. The lowest BCUT2D eigenvalue weighted by atomic mass is 10.1. The first kappa shape index (κ1) is 18.6. The molecule has 0 aliphatic heterocycles. The van der Waals surface area contributed by atoms with E-state index < -0.39 is 6.04 Å². The number of anilines is 1. The minimum absolute atomic E-state index is 0.301. The molecule has 6 nitrogen and oxygen atoms in total. The van der Waals surface area contributed by atoms with Crippen molar-refractivity contribution in [3.63, 3.8) is 0 Å². The van der Waals surface area contributed by atoms with E-state index in [1.165, 1.54) is 0 Å². The summed E-state index contributed by atoms with van der Waals surface area (Å²) in [6.07, 6.45) is 3.58. The van der Waals surface area contributed by atoms with E-state index in [0.29, 0.717) is 0 Å². The van der Waals surface area contributed by atoms with Gasteiger partial charge >= 0.3 is 6.03 Å². The summed E-state index contributed by atoms with van der Waals surface area (Å²) in [5, 5.41) is 8.09. The number of amides is 2.